The maximum absolute atomic E-state index is 13.3. The predicted molar refractivity (Wildman–Crippen MR) is 110 cm³/mol. The zero-order chi connectivity index (χ0) is 21.3. The number of halogens is 1. The number of anilines is 1. The van der Waals surface area contributed by atoms with Gasteiger partial charge in [-0.3, -0.25) is 9.59 Å². The van der Waals surface area contributed by atoms with Crippen LogP contribution in [-0.2, 0) is 9.59 Å². The van der Waals surface area contributed by atoms with Gasteiger partial charge in [-0.05, 0) is 35.7 Å². The van der Waals surface area contributed by atoms with Crippen molar-refractivity contribution in [3.8, 4) is 11.5 Å². The summed E-state index contributed by atoms with van der Waals surface area (Å²) in [5.41, 5.74) is 1.53. The number of ether oxygens (including phenoxy) is 2. The second-order valence-corrected chi connectivity index (χ2v) is 8.02. The van der Waals surface area contributed by atoms with E-state index in [2.05, 4.69) is 5.32 Å². The Balaban J connectivity index is 1.46. The van der Waals surface area contributed by atoms with E-state index in [-0.39, 0.29) is 36.0 Å². The molecule has 2 heterocycles. The molecule has 0 bridgehead atoms. The molecular formula is C23H25FN2O4. The summed E-state index contributed by atoms with van der Waals surface area (Å²) >= 11 is 0. The molecule has 1 N–H and O–H groups in total. The summed E-state index contributed by atoms with van der Waals surface area (Å²) in [5.74, 6) is 0.337. The lowest BCUT2D eigenvalue weighted by molar-refractivity contribution is -0.127. The Morgan fingerprint density at radius 2 is 1.80 bits per heavy atom. The first-order valence-electron chi connectivity index (χ1n) is 10.2. The molecule has 2 atom stereocenters. The number of hydrogen-bond donors (Lipinski definition) is 1. The monoisotopic (exact) mass is 412 g/mol. The number of nitrogens with zero attached hydrogens (tertiary/aromatic N) is 1. The average Bonchev–Trinajstić information content (AvgIpc) is 3.14. The van der Waals surface area contributed by atoms with Crippen molar-refractivity contribution in [2.75, 3.05) is 24.7 Å². The van der Waals surface area contributed by atoms with Gasteiger partial charge in [-0.25, -0.2) is 4.39 Å². The summed E-state index contributed by atoms with van der Waals surface area (Å²) in [6.07, 6.45) is 0.147. The molecule has 2 unspecified atom stereocenters. The number of carbonyl (C=O) groups is 2. The lowest BCUT2D eigenvalue weighted by Crippen LogP contribution is -2.37. The van der Waals surface area contributed by atoms with Crippen molar-refractivity contribution >= 4 is 17.5 Å². The predicted octanol–water partition coefficient (Wildman–Crippen LogP) is 3.46. The van der Waals surface area contributed by atoms with Crippen molar-refractivity contribution in [1.29, 1.82) is 0 Å². The third-order valence-electron chi connectivity index (χ3n) is 5.53. The maximum atomic E-state index is 13.3. The van der Waals surface area contributed by atoms with Crippen molar-refractivity contribution < 1.29 is 23.5 Å². The quantitative estimate of drug-likeness (QED) is 0.817. The Bertz CT molecular complexity index is 945. The minimum Gasteiger partial charge on any atom is -0.486 e. The molecule has 1 saturated heterocycles. The van der Waals surface area contributed by atoms with Gasteiger partial charge in [0.05, 0.1) is 12.0 Å². The highest BCUT2D eigenvalue weighted by atomic mass is 19.1. The van der Waals surface area contributed by atoms with Crippen LogP contribution < -0.4 is 19.7 Å². The van der Waals surface area contributed by atoms with E-state index >= 15 is 0 Å². The highest BCUT2D eigenvalue weighted by Crippen LogP contribution is 2.36. The molecule has 0 saturated carbocycles. The molecule has 0 radical (unpaired) electrons. The minimum atomic E-state index is -0.451. The standard InChI is InChI=1S/C23H25FN2O4/c1-14(2)22(15-3-5-17(24)6-4-15)25-23(28)16-11-21(27)26(13-16)18-7-8-19-20(12-18)30-10-9-29-19/h3-8,12,14,16,22H,9-11,13H2,1-2H3,(H,25,28). The molecular weight excluding hydrogens is 387 g/mol. The number of carbonyl (C=O) groups excluding carboxylic acids is 2. The van der Waals surface area contributed by atoms with E-state index in [1.54, 1.807) is 35.2 Å². The van der Waals surface area contributed by atoms with E-state index in [0.717, 1.165) is 5.56 Å². The molecule has 0 aromatic heterocycles. The zero-order valence-corrected chi connectivity index (χ0v) is 17.1. The average molecular weight is 412 g/mol. The number of benzene rings is 2. The Hall–Kier alpha value is -3.09. The van der Waals surface area contributed by atoms with Crippen LogP contribution in [0.4, 0.5) is 10.1 Å². The first-order chi connectivity index (χ1) is 14.4. The Labute approximate surface area is 175 Å². The summed E-state index contributed by atoms with van der Waals surface area (Å²) in [5, 5.41) is 3.05. The molecule has 2 aromatic carbocycles. The van der Waals surface area contributed by atoms with Crippen molar-refractivity contribution in [1.82, 2.24) is 5.32 Å². The van der Waals surface area contributed by atoms with Gasteiger partial charge in [0.2, 0.25) is 11.8 Å². The van der Waals surface area contributed by atoms with Gasteiger partial charge in [0.1, 0.15) is 19.0 Å². The van der Waals surface area contributed by atoms with Crippen molar-refractivity contribution in [3.05, 3.63) is 53.8 Å². The van der Waals surface area contributed by atoms with E-state index in [1.165, 1.54) is 12.1 Å². The molecule has 2 aliphatic rings. The van der Waals surface area contributed by atoms with Gasteiger partial charge in [0.25, 0.3) is 0 Å². The second-order valence-electron chi connectivity index (χ2n) is 8.02. The molecule has 1 fully saturated rings. The van der Waals surface area contributed by atoms with E-state index < -0.39 is 5.92 Å². The lowest BCUT2D eigenvalue weighted by atomic mass is 9.95. The van der Waals surface area contributed by atoms with Gasteiger partial charge >= 0.3 is 0 Å². The van der Waals surface area contributed by atoms with E-state index in [1.807, 2.05) is 13.8 Å². The molecule has 2 aliphatic heterocycles. The minimum absolute atomic E-state index is 0.102. The van der Waals surface area contributed by atoms with E-state index in [4.69, 9.17) is 9.47 Å². The molecule has 7 heteroatoms. The summed E-state index contributed by atoms with van der Waals surface area (Å²) in [6.45, 7) is 5.27. The smallest absolute Gasteiger partial charge is 0.227 e. The number of nitrogens with one attached hydrogen (secondary N) is 1. The summed E-state index contributed by atoms with van der Waals surface area (Å²) in [4.78, 5) is 27.2. The molecule has 0 spiro atoms. The van der Waals surface area contributed by atoms with Crippen LogP contribution >= 0.6 is 0 Å². The molecule has 6 nitrogen and oxygen atoms in total. The van der Waals surface area contributed by atoms with Crippen LogP contribution in [0.2, 0.25) is 0 Å². The Morgan fingerprint density at radius 3 is 2.50 bits per heavy atom. The van der Waals surface area contributed by atoms with E-state index in [0.29, 0.717) is 36.9 Å². The van der Waals surface area contributed by atoms with Crippen molar-refractivity contribution in [2.45, 2.75) is 26.3 Å². The van der Waals surface area contributed by atoms with Gasteiger partial charge in [0, 0.05) is 24.7 Å². The fraction of sp³-hybridized carbons (Fsp3) is 0.391. The third-order valence-corrected chi connectivity index (χ3v) is 5.53. The van der Waals surface area contributed by atoms with Crippen LogP contribution in [0.5, 0.6) is 11.5 Å². The molecule has 30 heavy (non-hydrogen) atoms. The van der Waals surface area contributed by atoms with Crippen LogP contribution in [0.3, 0.4) is 0 Å². The normalized spacial score (nSPS) is 19.1. The summed E-state index contributed by atoms with van der Waals surface area (Å²) in [7, 11) is 0. The van der Waals surface area contributed by atoms with Crippen LogP contribution in [-0.4, -0.2) is 31.6 Å². The summed E-state index contributed by atoms with van der Waals surface area (Å²) < 4.78 is 24.4. The van der Waals surface area contributed by atoms with Gasteiger partial charge in [0.15, 0.2) is 11.5 Å². The van der Waals surface area contributed by atoms with Gasteiger partial charge in [-0.15, -0.1) is 0 Å². The van der Waals surface area contributed by atoms with Gasteiger partial charge < -0.3 is 19.7 Å². The number of rotatable bonds is 5. The largest absolute Gasteiger partial charge is 0.486 e. The Kier molecular flexibility index (Phi) is 5.61. The molecule has 158 valence electrons. The maximum Gasteiger partial charge on any atom is 0.227 e. The zero-order valence-electron chi connectivity index (χ0n) is 17.1. The van der Waals surface area contributed by atoms with Crippen LogP contribution in [0.1, 0.15) is 31.9 Å². The summed E-state index contributed by atoms with van der Waals surface area (Å²) in [6, 6.07) is 11.3. The van der Waals surface area contributed by atoms with Crippen molar-refractivity contribution in [2.24, 2.45) is 11.8 Å². The fourth-order valence-electron chi connectivity index (χ4n) is 3.91. The molecule has 2 amide bonds. The van der Waals surface area contributed by atoms with Crippen LogP contribution in [0.25, 0.3) is 0 Å². The molecule has 2 aromatic rings. The van der Waals surface area contributed by atoms with Crippen molar-refractivity contribution in [3.63, 3.8) is 0 Å². The first kappa shape index (κ1) is 20.2. The third kappa shape index (κ3) is 4.10. The fourth-order valence-corrected chi connectivity index (χ4v) is 3.91. The molecule has 0 aliphatic carbocycles. The second kappa shape index (κ2) is 8.34. The highest BCUT2D eigenvalue weighted by molar-refractivity contribution is 6.00. The Morgan fingerprint density at radius 1 is 1.10 bits per heavy atom. The van der Waals surface area contributed by atoms with Crippen LogP contribution in [0, 0.1) is 17.7 Å². The van der Waals surface area contributed by atoms with Gasteiger partial charge in [-0.2, -0.15) is 0 Å². The molecule has 4 rings (SSSR count). The van der Waals surface area contributed by atoms with Crippen LogP contribution in [0.15, 0.2) is 42.5 Å². The topological polar surface area (TPSA) is 67.9 Å². The number of fused-ring (bicyclic) bond motifs is 1. The lowest BCUT2D eigenvalue weighted by Gasteiger charge is -2.25. The number of amides is 2. The van der Waals surface area contributed by atoms with Gasteiger partial charge in [-0.1, -0.05) is 26.0 Å². The van der Waals surface area contributed by atoms with E-state index in [9.17, 15) is 14.0 Å². The first-order valence-corrected chi connectivity index (χ1v) is 10.2. The number of hydrogen-bond acceptors (Lipinski definition) is 4. The highest BCUT2D eigenvalue weighted by Gasteiger charge is 2.36. The SMILES string of the molecule is CC(C)C(NC(=O)C1CC(=O)N(c2ccc3c(c2)OCCO3)C1)c1ccc(F)cc1.